The van der Waals surface area contributed by atoms with Crippen LogP contribution in [0.5, 0.6) is 0 Å². The van der Waals surface area contributed by atoms with Gasteiger partial charge >= 0.3 is 6.03 Å². The smallest absolute Gasteiger partial charge is 0.319 e. The first-order valence-electron chi connectivity index (χ1n) is 7.96. The summed E-state index contributed by atoms with van der Waals surface area (Å²) in [6.45, 7) is 3.92. The van der Waals surface area contributed by atoms with Crippen molar-refractivity contribution in [3.8, 4) is 0 Å². The second kappa shape index (κ2) is 8.87. The predicted molar refractivity (Wildman–Crippen MR) is 83.9 cm³/mol. The van der Waals surface area contributed by atoms with Crippen LogP contribution >= 0.6 is 0 Å². The van der Waals surface area contributed by atoms with Crippen LogP contribution in [0.1, 0.15) is 39.0 Å². The number of urea groups is 1. The van der Waals surface area contributed by atoms with Crippen molar-refractivity contribution in [1.82, 2.24) is 15.1 Å². The van der Waals surface area contributed by atoms with Gasteiger partial charge < -0.3 is 20.9 Å². The molecular formula is C15H30N4O2. The zero-order valence-corrected chi connectivity index (χ0v) is 13.6. The van der Waals surface area contributed by atoms with Crippen LogP contribution < -0.4 is 11.1 Å². The Morgan fingerprint density at radius 1 is 1.33 bits per heavy atom. The molecule has 21 heavy (non-hydrogen) atoms. The van der Waals surface area contributed by atoms with Gasteiger partial charge in [0.25, 0.3) is 0 Å². The molecular weight excluding hydrogens is 268 g/mol. The lowest BCUT2D eigenvalue weighted by Crippen LogP contribution is -2.48. The predicted octanol–water partition coefficient (Wildman–Crippen LogP) is 1.01. The molecule has 0 radical (unpaired) electrons. The highest BCUT2D eigenvalue weighted by Gasteiger charge is 2.28. The van der Waals surface area contributed by atoms with Gasteiger partial charge in [-0.15, -0.1) is 0 Å². The Hall–Kier alpha value is -1.30. The second-order valence-electron chi connectivity index (χ2n) is 6.02. The molecule has 1 atom stereocenters. The molecule has 0 aromatic carbocycles. The molecule has 6 nitrogen and oxygen atoms in total. The van der Waals surface area contributed by atoms with Gasteiger partial charge in [0, 0.05) is 45.7 Å². The molecule has 3 N–H and O–H groups in total. The molecule has 3 amide bonds. The SMILES string of the molecule is CCCCC(CN)NC(=O)C1CCN(C(=O)N(C)C)CC1. The van der Waals surface area contributed by atoms with Crippen LogP contribution in [0.25, 0.3) is 0 Å². The molecule has 1 heterocycles. The van der Waals surface area contributed by atoms with Crippen molar-refractivity contribution in [2.24, 2.45) is 11.7 Å². The van der Waals surface area contributed by atoms with E-state index in [1.54, 1.807) is 23.9 Å². The average Bonchev–Trinajstić information content (AvgIpc) is 2.50. The van der Waals surface area contributed by atoms with Crippen LogP contribution in [0.3, 0.4) is 0 Å². The van der Waals surface area contributed by atoms with E-state index in [4.69, 9.17) is 5.73 Å². The van der Waals surface area contributed by atoms with E-state index in [1.807, 2.05) is 0 Å². The van der Waals surface area contributed by atoms with Gasteiger partial charge in [0.05, 0.1) is 0 Å². The number of rotatable bonds is 6. The first kappa shape index (κ1) is 17.8. The lowest BCUT2D eigenvalue weighted by Gasteiger charge is -2.33. The Kier molecular flexibility index (Phi) is 7.50. The standard InChI is InChI=1S/C15H30N4O2/c1-4-5-6-13(11-16)17-14(20)12-7-9-19(10-8-12)15(21)18(2)3/h12-13H,4-11,16H2,1-3H3,(H,17,20). The third-order valence-electron chi connectivity index (χ3n) is 4.06. The molecule has 0 aliphatic carbocycles. The number of nitrogens with zero attached hydrogens (tertiary/aromatic N) is 2. The summed E-state index contributed by atoms with van der Waals surface area (Å²) in [6.07, 6.45) is 4.60. The van der Waals surface area contributed by atoms with Gasteiger partial charge in [0.1, 0.15) is 0 Å². The fourth-order valence-electron chi connectivity index (χ4n) is 2.63. The Labute approximate surface area is 128 Å². The van der Waals surface area contributed by atoms with Crippen LogP contribution in [-0.2, 0) is 4.79 Å². The minimum absolute atomic E-state index is 0.00638. The van der Waals surface area contributed by atoms with E-state index in [0.29, 0.717) is 19.6 Å². The number of hydrogen-bond donors (Lipinski definition) is 2. The molecule has 1 saturated heterocycles. The maximum absolute atomic E-state index is 12.3. The Morgan fingerprint density at radius 3 is 2.43 bits per heavy atom. The summed E-state index contributed by atoms with van der Waals surface area (Å²) < 4.78 is 0. The largest absolute Gasteiger partial charge is 0.352 e. The summed E-state index contributed by atoms with van der Waals surface area (Å²) in [5, 5.41) is 3.06. The van der Waals surface area contributed by atoms with Gasteiger partial charge in [-0.3, -0.25) is 4.79 Å². The highest BCUT2D eigenvalue weighted by molar-refractivity contribution is 5.80. The number of amides is 3. The molecule has 1 aliphatic heterocycles. The third-order valence-corrected chi connectivity index (χ3v) is 4.06. The maximum atomic E-state index is 12.3. The van der Waals surface area contributed by atoms with Gasteiger partial charge in [0.2, 0.25) is 5.91 Å². The fraction of sp³-hybridized carbons (Fsp3) is 0.867. The molecule has 1 unspecified atom stereocenters. The van der Waals surface area contributed by atoms with E-state index < -0.39 is 0 Å². The average molecular weight is 298 g/mol. The van der Waals surface area contributed by atoms with Gasteiger partial charge in [-0.1, -0.05) is 19.8 Å². The van der Waals surface area contributed by atoms with Gasteiger partial charge in [-0.05, 0) is 19.3 Å². The molecule has 122 valence electrons. The number of piperidine rings is 1. The Bertz CT molecular complexity index is 339. The van der Waals surface area contributed by atoms with Crippen molar-refractivity contribution < 1.29 is 9.59 Å². The minimum Gasteiger partial charge on any atom is -0.352 e. The van der Waals surface area contributed by atoms with Gasteiger partial charge in [0.15, 0.2) is 0 Å². The number of carbonyl (C=O) groups is 2. The molecule has 6 heteroatoms. The van der Waals surface area contributed by atoms with E-state index in [0.717, 1.165) is 32.1 Å². The monoisotopic (exact) mass is 298 g/mol. The fourth-order valence-corrected chi connectivity index (χ4v) is 2.63. The van der Waals surface area contributed by atoms with Crippen LogP contribution in [-0.4, -0.2) is 61.5 Å². The van der Waals surface area contributed by atoms with Crippen molar-refractivity contribution in [3.05, 3.63) is 0 Å². The quantitative estimate of drug-likeness (QED) is 0.768. The number of hydrogen-bond acceptors (Lipinski definition) is 3. The van der Waals surface area contributed by atoms with Crippen LogP contribution in [0.2, 0.25) is 0 Å². The first-order valence-corrected chi connectivity index (χ1v) is 7.96. The maximum Gasteiger partial charge on any atom is 0.319 e. The van der Waals surface area contributed by atoms with E-state index in [9.17, 15) is 9.59 Å². The topological polar surface area (TPSA) is 78.7 Å². The normalized spacial score (nSPS) is 17.4. The van der Waals surface area contributed by atoms with Crippen molar-refractivity contribution >= 4 is 11.9 Å². The highest BCUT2D eigenvalue weighted by Crippen LogP contribution is 2.18. The zero-order chi connectivity index (χ0) is 15.8. The highest BCUT2D eigenvalue weighted by atomic mass is 16.2. The lowest BCUT2D eigenvalue weighted by molar-refractivity contribution is -0.127. The van der Waals surface area contributed by atoms with E-state index in [-0.39, 0.29) is 23.9 Å². The van der Waals surface area contributed by atoms with Crippen molar-refractivity contribution in [3.63, 3.8) is 0 Å². The first-order chi connectivity index (χ1) is 9.99. The van der Waals surface area contributed by atoms with Crippen molar-refractivity contribution in [2.45, 2.75) is 45.1 Å². The summed E-state index contributed by atoms with van der Waals surface area (Å²) in [7, 11) is 3.50. The zero-order valence-electron chi connectivity index (χ0n) is 13.6. The van der Waals surface area contributed by atoms with E-state index >= 15 is 0 Å². The Balaban J connectivity index is 2.39. The number of unbranched alkanes of at least 4 members (excludes halogenated alkanes) is 1. The molecule has 0 spiro atoms. The molecule has 0 aromatic rings. The van der Waals surface area contributed by atoms with Gasteiger partial charge in [-0.25, -0.2) is 4.79 Å². The number of carbonyl (C=O) groups excluding carboxylic acids is 2. The minimum atomic E-state index is 0.00638. The summed E-state index contributed by atoms with van der Waals surface area (Å²) in [5.74, 6) is 0.102. The van der Waals surface area contributed by atoms with Crippen molar-refractivity contribution in [1.29, 1.82) is 0 Å². The summed E-state index contributed by atoms with van der Waals surface area (Å²) in [5.41, 5.74) is 5.71. The van der Waals surface area contributed by atoms with Crippen LogP contribution in [0, 0.1) is 5.92 Å². The Morgan fingerprint density at radius 2 is 1.95 bits per heavy atom. The van der Waals surface area contributed by atoms with Crippen molar-refractivity contribution in [2.75, 3.05) is 33.7 Å². The number of nitrogens with one attached hydrogen (secondary N) is 1. The van der Waals surface area contributed by atoms with E-state index in [1.165, 1.54) is 0 Å². The van der Waals surface area contributed by atoms with Crippen LogP contribution in [0.15, 0.2) is 0 Å². The third kappa shape index (κ3) is 5.53. The number of likely N-dealkylation sites (tertiary alicyclic amines) is 1. The second-order valence-corrected chi connectivity index (χ2v) is 6.02. The molecule has 0 bridgehead atoms. The lowest BCUT2D eigenvalue weighted by atomic mass is 9.95. The molecule has 1 aliphatic rings. The summed E-state index contributed by atoms with van der Waals surface area (Å²) >= 11 is 0. The van der Waals surface area contributed by atoms with E-state index in [2.05, 4.69) is 12.2 Å². The molecule has 1 rings (SSSR count). The summed E-state index contributed by atoms with van der Waals surface area (Å²) in [4.78, 5) is 27.5. The number of nitrogens with two attached hydrogens (primary N) is 1. The van der Waals surface area contributed by atoms with Crippen LogP contribution in [0.4, 0.5) is 4.79 Å². The molecule has 0 aromatic heterocycles. The summed E-state index contributed by atoms with van der Waals surface area (Å²) in [6, 6.07) is 0.107. The van der Waals surface area contributed by atoms with Gasteiger partial charge in [-0.2, -0.15) is 0 Å². The molecule has 1 fully saturated rings. The molecule has 0 saturated carbocycles.